The molecule has 0 aliphatic carbocycles. The van der Waals surface area contributed by atoms with Gasteiger partial charge in [0.25, 0.3) is 0 Å². The number of rotatable bonds is 5. The highest BCUT2D eigenvalue weighted by Crippen LogP contribution is 2.34. The molecule has 0 fully saturated rings. The molecule has 3 aromatic carbocycles. The summed E-state index contributed by atoms with van der Waals surface area (Å²) >= 11 is 0. The lowest BCUT2D eigenvalue weighted by atomic mass is 9.81. The van der Waals surface area contributed by atoms with E-state index in [0.29, 0.717) is 11.3 Å². The minimum absolute atomic E-state index is 0.263. The number of nitrogens with zero attached hydrogens (tertiary/aromatic N) is 1. The van der Waals surface area contributed by atoms with E-state index in [2.05, 4.69) is 0 Å². The summed E-state index contributed by atoms with van der Waals surface area (Å²) in [6, 6.07) is 24.0. The summed E-state index contributed by atoms with van der Waals surface area (Å²) in [5, 5.41) is 10.2. The Hall–Kier alpha value is -3.80. The van der Waals surface area contributed by atoms with Crippen LogP contribution in [-0.2, 0) is 18.0 Å². The minimum Gasteiger partial charge on any atom is -0.503 e. The lowest BCUT2D eigenvalue weighted by Gasteiger charge is -2.29. The van der Waals surface area contributed by atoms with Crippen molar-refractivity contribution in [2.45, 2.75) is 31.9 Å². The number of pyridine rings is 1. The third-order valence-corrected chi connectivity index (χ3v) is 5.86. The van der Waals surface area contributed by atoms with Crippen molar-refractivity contribution >= 4 is 0 Å². The fraction of sp³-hybridized carbons (Fsp3) is 0.179. The van der Waals surface area contributed by atoms with Crippen LogP contribution in [0.2, 0.25) is 0 Å². The average Bonchev–Trinajstić information content (AvgIpc) is 2.80. The number of alkyl halides is 3. The number of hydrogen-bond donors (Lipinski definition) is 1. The van der Waals surface area contributed by atoms with E-state index < -0.39 is 28.3 Å². The lowest BCUT2D eigenvalue weighted by molar-refractivity contribution is -0.137. The summed E-state index contributed by atoms with van der Waals surface area (Å²) in [6.45, 7) is 3.74. The van der Waals surface area contributed by atoms with Crippen molar-refractivity contribution in [3.63, 3.8) is 0 Å². The smallest absolute Gasteiger partial charge is 0.416 e. The molecule has 1 aromatic heterocycles. The molecular weight excluding hydrogens is 439 g/mol. The zero-order chi connectivity index (χ0) is 24.5. The topological polar surface area (TPSA) is 42.2 Å². The Balaban J connectivity index is 1.80. The van der Waals surface area contributed by atoms with Crippen molar-refractivity contribution in [2.24, 2.45) is 0 Å². The summed E-state index contributed by atoms with van der Waals surface area (Å²) in [5.74, 6) is -0.399. The van der Waals surface area contributed by atoms with Crippen LogP contribution in [0.3, 0.4) is 0 Å². The molecule has 0 aliphatic rings. The maximum atomic E-state index is 13.2. The highest BCUT2D eigenvalue weighted by molar-refractivity contribution is 5.66. The minimum atomic E-state index is -4.43. The van der Waals surface area contributed by atoms with Crippen LogP contribution in [0, 0.1) is 0 Å². The Bertz CT molecular complexity index is 1370. The fourth-order valence-corrected chi connectivity index (χ4v) is 4.18. The fourth-order valence-electron chi connectivity index (χ4n) is 4.18. The zero-order valence-electron chi connectivity index (χ0n) is 18.8. The first-order valence-corrected chi connectivity index (χ1v) is 10.8. The summed E-state index contributed by atoms with van der Waals surface area (Å²) in [7, 11) is 0. The predicted octanol–water partition coefficient (Wildman–Crippen LogP) is 6.75. The van der Waals surface area contributed by atoms with E-state index in [9.17, 15) is 23.1 Å². The molecule has 6 heteroatoms. The molecular formula is C28H24F3NO2. The maximum Gasteiger partial charge on any atom is 0.416 e. The third-order valence-electron chi connectivity index (χ3n) is 5.86. The van der Waals surface area contributed by atoms with Gasteiger partial charge in [-0.3, -0.25) is 4.79 Å². The second kappa shape index (κ2) is 8.86. The van der Waals surface area contributed by atoms with Crippen LogP contribution in [0.4, 0.5) is 13.2 Å². The van der Waals surface area contributed by atoms with Crippen LogP contribution >= 0.6 is 0 Å². The lowest BCUT2D eigenvalue weighted by Crippen LogP contribution is -2.27. The van der Waals surface area contributed by atoms with Gasteiger partial charge in [-0.25, -0.2) is 0 Å². The van der Waals surface area contributed by atoms with E-state index >= 15 is 0 Å². The zero-order valence-corrected chi connectivity index (χ0v) is 18.8. The molecule has 0 bridgehead atoms. The van der Waals surface area contributed by atoms with Crippen LogP contribution in [0.1, 0.15) is 30.7 Å². The summed E-state index contributed by atoms with van der Waals surface area (Å²) < 4.78 is 41.4. The molecule has 3 nitrogen and oxygen atoms in total. The van der Waals surface area contributed by atoms with Gasteiger partial charge in [0.2, 0.25) is 5.43 Å². The SMILES string of the molecule is CC(C)(Cc1cccc(C(F)(F)F)c1)c1cc(=O)c(O)cn1-c1cccc(-c2ccccc2)c1. The van der Waals surface area contributed by atoms with E-state index in [1.165, 1.54) is 18.3 Å². The first-order chi connectivity index (χ1) is 16.0. The van der Waals surface area contributed by atoms with Crippen molar-refractivity contribution < 1.29 is 18.3 Å². The third kappa shape index (κ3) is 4.91. The van der Waals surface area contributed by atoms with Crippen molar-refractivity contribution in [2.75, 3.05) is 0 Å². The van der Waals surface area contributed by atoms with Gasteiger partial charge in [-0.15, -0.1) is 0 Å². The van der Waals surface area contributed by atoms with Crippen LogP contribution in [0.5, 0.6) is 5.75 Å². The van der Waals surface area contributed by atoms with Gasteiger partial charge in [0, 0.05) is 22.9 Å². The molecule has 0 amide bonds. The Morgan fingerprint density at radius 3 is 2.21 bits per heavy atom. The van der Waals surface area contributed by atoms with Crippen LogP contribution in [0.15, 0.2) is 95.9 Å². The molecule has 0 aliphatic heterocycles. The molecule has 0 radical (unpaired) electrons. The predicted molar refractivity (Wildman–Crippen MR) is 127 cm³/mol. The van der Waals surface area contributed by atoms with Gasteiger partial charge in [-0.1, -0.05) is 74.5 Å². The first kappa shape index (κ1) is 23.4. The Morgan fingerprint density at radius 2 is 1.50 bits per heavy atom. The van der Waals surface area contributed by atoms with Crippen LogP contribution in [-0.4, -0.2) is 9.67 Å². The number of hydrogen-bond acceptors (Lipinski definition) is 2. The molecule has 0 unspecified atom stereocenters. The average molecular weight is 463 g/mol. The van der Waals surface area contributed by atoms with Gasteiger partial charge in [0.1, 0.15) is 0 Å². The van der Waals surface area contributed by atoms with Gasteiger partial charge in [-0.2, -0.15) is 13.2 Å². The molecule has 0 atom stereocenters. The van der Waals surface area contributed by atoms with Gasteiger partial charge in [-0.05, 0) is 41.3 Å². The molecule has 1 N–H and O–H groups in total. The van der Waals surface area contributed by atoms with E-state index in [1.807, 2.05) is 68.4 Å². The number of aromatic nitrogens is 1. The normalized spacial score (nSPS) is 12.0. The van der Waals surface area contributed by atoms with Crippen molar-refractivity contribution in [1.29, 1.82) is 0 Å². The molecule has 0 saturated carbocycles. The number of halogens is 3. The molecule has 4 aromatic rings. The second-order valence-electron chi connectivity index (χ2n) is 8.95. The summed E-state index contributed by atoms with van der Waals surface area (Å²) in [5.41, 5.74) is 1.81. The second-order valence-corrected chi connectivity index (χ2v) is 8.95. The number of benzene rings is 3. The van der Waals surface area contributed by atoms with Gasteiger partial charge in [0.15, 0.2) is 5.75 Å². The molecule has 174 valence electrons. The summed E-state index contributed by atoms with van der Waals surface area (Å²) in [4.78, 5) is 12.4. The monoisotopic (exact) mass is 463 g/mol. The Kier molecular flexibility index (Phi) is 6.09. The molecule has 0 spiro atoms. The Labute approximate surface area is 195 Å². The molecule has 4 rings (SSSR count). The van der Waals surface area contributed by atoms with Crippen molar-refractivity contribution in [3.8, 4) is 22.6 Å². The van der Waals surface area contributed by atoms with Crippen LogP contribution < -0.4 is 5.43 Å². The van der Waals surface area contributed by atoms with Crippen LogP contribution in [0.25, 0.3) is 16.8 Å². The first-order valence-electron chi connectivity index (χ1n) is 10.8. The molecule has 1 heterocycles. The van der Waals surface area contributed by atoms with Gasteiger partial charge < -0.3 is 9.67 Å². The quantitative estimate of drug-likeness (QED) is 0.356. The van der Waals surface area contributed by atoms with E-state index in [0.717, 1.165) is 28.9 Å². The van der Waals surface area contributed by atoms with Crippen molar-refractivity contribution in [1.82, 2.24) is 4.57 Å². The van der Waals surface area contributed by atoms with E-state index in [-0.39, 0.29) is 6.42 Å². The van der Waals surface area contributed by atoms with E-state index in [4.69, 9.17) is 0 Å². The van der Waals surface area contributed by atoms with Gasteiger partial charge in [0.05, 0.1) is 11.8 Å². The molecule has 34 heavy (non-hydrogen) atoms. The standard InChI is InChI=1S/C28H24F3NO2/c1-27(2,17-19-8-6-12-22(14-19)28(29,30)31)26-16-24(33)25(34)18-32(26)23-13-7-11-21(15-23)20-9-4-3-5-10-20/h3-16,18,34H,17H2,1-2H3. The van der Waals surface area contributed by atoms with Gasteiger partial charge >= 0.3 is 6.18 Å². The largest absolute Gasteiger partial charge is 0.503 e. The molecule has 0 saturated heterocycles. The summed E-state index contributed by atoms with van der Waals surface area (Å²) in [6.07, 6.45) is -2.80. The van der Waals surface area contributed by atoms with Crippen molar-refractivity contribution in [3.05, 3.63) is 118 Å². The highest BCUT2D eigenvalue weighted by atomic mass is 19.4. The number of aromatic hydroxyl groups is 1. The Morgan fingerprint density at radius 1 is 0.824 bits per heavy atom. The highest BCUT2D eigenvalue weighted by Gasteiger charge is 2.32. The maximum absolute atomic E-state index is 13.2. The van der Waals surface area contributed by atoms with E-state index in [1.54, 1.807) is 10.6 Å².